The molecule has 1 aromatic carbocycles. The minimum Gasteiger partial charge on any atom is -0.444 e. The van der Waals surface area contributed by atoms with Crippen molar-refractivity contribution >= 4 is 61.9 Å². The van der Waals surface area contributed by atoms with Gasteiger partial charge < -0.3 is 14.5 Å². The van der Waals surface area contributed by atoms with Gasteiger partial charge in [-0.3, -0.25) is 0 Å². The molecule has 1 fully saturated rings. The van der Waals surface area contributed by atoms with E-state index in [1.165, 1.54) is 0 Å². The van der Waals surface area contributed by atoms with Crippen LogP contribution in [0, 0.1) is 17.1 Å². The van der Waals surface area contributed by atoms with Gasteiger partial charge in [0.1, 0.15) is 16.9 Å². The van der Waals surface area contributed by atoms with Crippen LogP contribution in [0.3, 0.4) is 0 Å². The molecule has 7 nitrogen and oxygen atoms in total. The van der Waals surface area contributed by atoms with Crippen LogP contribution in [0.5, 0.6) is 0 Å². The summed E-state index contributed by atoms with van der Waals surface area (Å²) in [6.45, 7) is 6.34. The number of hydrogen-bond donors (Lipinski definition) is 0. The zero-order valence-corrected chi connectivity index (χ0v) is 19.6. The highest BCUT2D eigenvalue weighted by molar-refractivity contribution is 9.10. The Labute approximate surface area is 191 Å². The van der Waals surface area contributed by atoms with Gasteiger partial charge in [-0.2, -0.15) is 10.2 Å². The van der Waals surface area contributed by atoms with Crippen molar-refractivity contribution < 1.29 is 13.9 Å². The molecular weight excluding hydrogens is 500 g/mol. The van der Waals surface area contributed by atoms with E-state index in [-0.39, 0.29) is 26.7 Å². The van der Waals surface area contributed by atoms with Crippen LogP contribution in [0.25, 0.3) is 10.9 Å². The number of fused-ring (bicyclic) bond motifs is 1. The SMILES string of the molecule is CC(C)(C)OC(=O)N1CCN(c2nc(Cl)nc3c(F)c(Br)c(Cl)cc23)C[C@@H]1CC#N. The molecule has 2 aromatic rings. The molecule has 1 saturated heterocycles. The fraction of sp³-hybridized carbons (Fsp3) is 0.474. The molecule has 0 bridgehead atoms. The van der Waals surface area contributed by atoms with E-state index < -0.39 is 23.6 Å². The molecule has 1 aromatic heterocycles. The monoisotopic (exact) mass is 517 g/mol. The van der Waals surface area contributed by atoms with Crippen LogP contribution >= 0.6 is 39.1 Å². The summed E-state index contributed by atoms with van der Waals surface area (Å²) < 4.78 is 20.3. The maximum absolute atomic E-state index is 14.7. The van der Waals surface area contributed by atoms with Crippen LogP contribution in [-0.2, 0) is 4.74 Å². The maximum Gasteiger partial charge on any atom is 0.410 e. The van der Waals surface area contributed by atoms with Gasteiger partial charge in [0, 0.05) is 25.0 Å². The third-order valence-electron chi connectivity index (χ3n) is 4.52. The van der Waals surface area contributed by atoms with Gasteiger partial charge in [0.2, 0.25) is 5.28 Å². The van der Waals surface area contributed by atoms with Crippen molar-refractivity contribution in [2.45, 2.75) is 38.8 Å². The van der Waals surface area contributed by atoms with Crippen LogP contribution in [0.2, 0.25) is 10.3 Å². The van der Waals surface area contributed by atoms with Gasteiger partial charge in [-0.1, -0.05) is 11.6 Å². The minimum absolute atomic E-state index is 0.0349. The molecule has 0 aliphatic carbocycles. The van der Waals surface area contributed by atoms with Gasteiger partial charge >= 0.3 is 6.09 Å². The summed E-state index contributed by atoms with van der Waals surface area (Å²) in [5, 5.41) is 9.72. The molecular formula is C19H19BrCl2FN5O2. The average molecular weight is 519 g/mol. The van der Waals surface area contributed by atoms with E-state index in [2.05, 4.69) is 32.0 Å². The fourth-order valence-corrected chi connectivity index (χ4v) is 3.92. The van der Waals surface area contributed by atoms with Crippen LogP contribution in [0.1, 0.15) is 27.2 Å². The second-order valence-electron chi connectivity index (χ2n) is 7.83. The number of benzene rings is 1. The number of carbonyl (C=O) groups excluding carboxylic acids is 1. The summed E-state index contributed by atoms with van der Waals surface area (Å²) in [6, 6.07) is 3.24. The second kappa shape index (κ2) is 8.69. The molecule has 3 rings (SSSR count). The zero-order valence-electron chi connectivity index (χ0n) is 16.5. The minimum atomic E-state index is -0.649. The number of carbonyl (C=O) groups is 1. The van der Waals surface area contributed by atoms with Crippen LogP contribution in [0.4, 0.5) is 15.0 Å². The Hall–Kier alpha value is -1.89. The molecule has 0 spiro atoms. The smallest absolute Gasteiger partial charge is 0.410 e. The van der Waals surface area contributed by atoms with Gasteiger partial charge in [0.15, 0.2) is 5.82 Å². The molecule has 1 atom stereocenters. The molecule has 1 aliphatic heterocycles. The van der Waals surface area contributed by atoms with Gasteiger partial charge in [0.25, 0.3) is 0 Å². The fourth-order valence-electron chi connectivity index (χ4n) is 3.26. The van der Waals surface area contributed by atoms with Crippen LogP contribution in [-0.4, -0.2) is 52.2 Å². The predicted molar refractivity (Wildman–Crippen MR) is 116 cm³/mol. The first-order valence-corrected chi connectivity index (χ1v) is 10.7. The molecule has 30 heavy (non-hydrogen) atoms. The molecule has 11 heteroatoms. The largest absolute Gasteiger partial charge is 0.444 e. The van der Waals surface area contributed by atoms with Crippen LogP contribution in [0.15, 0.2) is 10.5 Å². The Balaban J connectivity index is 1.97. The van der Waals surface area contributed by atoms with Crippen molar-refractivity contribution in [1.29, 1.82) is 5.26 Å². The third kappa shape index (κ3) is 4.71. The number of nitriles is 1. The molecule has 0 unspecified atom stereocenters. The van der Waals surface area contributed by atoms with Crippen molar-refractivity contribution in [3.8, 4) is 6.07 Å². The maximum atomic E-state index is 14.7. The van der Waals surface area contributed by atoms with E-state index in [4.69, 9.17) is 27.9 Å². The lowest BCUT2D eigenvalue weighted by Gasteiger charge is -2.41. The van der Waals surface area contributed by atoms with E-state index in [1.807, 2.05) is 4.90 Å². The average Bonchev–Trinajstić information content (AvgIpc) is 2.65. The Bertz CT molecular complexity index is 1040. The van der Waals surface area contributed by atoms with Crippen molar-refractivity contribution in [3.63, 3.8) is 0 Å². The number of halogens is 4. The zero-order chi connectivity index (χ0) is 22.2. The summed E-state index contributed by atoms with van der Waals surface area (Å²) >= 11 is 15.3. The molecule has 160 valence electrons. The number of aromatic nitrogens is 2. The quantitative estimate of drug-likeness (QED) is 0.402. The van der Waals surface area contributed by atoms with Crippen LogP contribution < -0.4 is 4.90 Å². The molecule has 0 N–H and O–H groups in total. The second-order valence-corrected chi connectivity index (χ2v) is 9.37. The first-order valence-electron chi connectivity index (χ1n) is 9.14. The summed E-state index contributed by atoms with van der Waals surface area (Å²) in [6.07, 6.45) is -0.376. The normalized spacial score (nSPS) is 17.2. The lowest BCUT2D eigenvalue weighted by atomic mass is 10.1. The first-order chi connectivity index (χ1) is 14.0. The highest BCUT2D eigenvalue weighted by Crippen LogP contribution is 2.36. The standard InChI is InChI=1S/C19H19BrCl2FN5O2/c1-19(2,3)30-18(29)28-7-6-27(9-10(28)4-5-24)16-11-8-12(21)13(20)14(23)15(11)25-17(22)26-16/h8,10H,4,6-7,9H2,1-3H3/t10-/m0/s1. The van der Waals surface area contributed by atoms with Gasteiger partial charge in [0.05, 0.1) is 28.0 Å². The van der Waals surface area contributed by atoms with E-state index >= 15 is 0 Å². The van der Waals surface area contributed by atoms with Crippen molar-refractivity contribution in [3.05, 3.63) is 26.7 Å². The molecule has 1 aliphatic rings. The molecule has 1 amide bonds. The van der Waals surface area contributed by atoms with Crippen molar-refractivity contribution in [2.75, 3.05) is 24.5 Å². The highest BCUT2D eigenvalue weighted by atomic mass is 79.9. The Kier molecular flexibility index (Phi) is 6.60. The Morgan fingerprint density at radius 1 is 1.40 bits per heavy atom. The first kappa shape index (κ1) is 22.8. The summed E-state index contributed by atoms with van der Waals surface area (Å²) in [4.78, 5) is 24.3. The summed E-state index contributed by atoms with van der Waals surface area (Å²) in [7, 11) is 0. The summed E-state index contributed by atoms with van der Waals surface area (Å²) in [5.74, 6) is -0.242. The van der Waals surface area contributed by atoms with Gasteiger partial charge in [-0.25, -0.2) is 14.2 Å². The molecule has 0 saturated carbocycles. The predicted octanol–water partition coefficient (Wildman–Crippen LogP) is 5.18. The molecule has 0 radical (unpaired) electrons. The van der Waals surface area contributed by atoms with E-state index in [9.17, 15) is 14.4 Å². The lowest BCUT2D eigenvalue weighted by molar-refractivity contribution is 0.0145. The summed E-state index contributed by atoms with van der Waals surface area (Å²) in [5.41, 5.74) is -0.614. The molecule has 2 heterocycles. The Morgan fingerprint density at radius 3 is 2.73 bits per heavy atom. The number of rotatable bonds is 2. The van der Waals surface area contributed by atoms with E-state index in [0.717, 1.165) is 0 Å². The van der Waals surface area contributed by atoms with Crippen molar-refractivity contribution in [2.24, 2.45) is 0 Å². The lowest BCUT2D eigenvalue weighted by Crippen LogP contribution is -2.56. The number of hydrogen-bond acceptors (Lipinski definition) is 6. The number of nitrogens with zero attached hydrogens (tertiary/aromatic N) is 5. The number of ether oxygens (including phenoxy) is 1. The van der Waals surface area contributed by atoms with Crippen molar-refractivity contribution in [1.82, 2.24) is 14.9 Å². The number of amides is 1. The highest BCUT2D eigenvalue weighted by Gasteiger charge is 2.34. The van der Waals surface area contributed by atoms with E-state index in [0.29, 0.717) is 30.8 Å². The van der Waals surface area contributed by atoms with Gasteiger partial charge in [-0.15, -0.1) is 0 Å². The number of piperazine rings is 1. The Morgan fingerprint density at radius 2 is 2.10 bits per heavy atom. The number of anilines is 1. The van der Waals surface area contributed by atoms with E-state index in [1.54, 1.807) is 31.7 Å². The third-order valence-corrected chi connectivity index (χ3v) is 5.99. The van der Waals surface area contributed by atoms with Gasteiger partial charge in [-0.05, 0) is 54.4 Å². The topological polar surface area (TPSA) is 82.3 Å².